The molecule has 4 rings (SSSR count). The van der Waals surface area contributed by atoms with Gasteiger partial charge >= 0.3 is 0 Å². The van der Waals surface area contributed by atoms with Gasteiger partial charge in [0.25, 0.3) is 11.4 Å². The van der Waals surface area contributed by atoms with Crippen molar-refractivity contribution in [1.82, 2.24) is 0 Å². The predicted molar refractivity (Wildman–Crippen MR) is 119 cm³/mol. The van der Waals surface area contributed by atoms with Gasteiger partial charge in [0, 0.05) is 12.1 Å². The van der Waals surface area contributed by atoms with Gasteiger partial charge in [0.15, 0.2) is 0 Å². The van der Waals surface area contributed by atoms with E-state index in [1.54, 1.807) is 72.8 Å². The summed E-state index contributed by atoms with van der Waals surface area (Å²) in [6.07, 6.45) is 0. The fourth-order valence-electron chi connectivity index (χ4n) is 2.88. The minimum absolute atomic E-state index is 0.0506. The summed E-state index contributed by atoms with van der Waals surface area (Å²) in [4.78, 5) is 20.8. The van der Waals surface area contributed by atoms with E-state index < -0.39 is 9.85 Å². The maximum absolute atomic E-state index is 10.9. The number of ether oxygens (including phenoxy) is 3. The summed E-state index contributed by atoms with van der Waals surface area (Å²) in [6.45, 7) is 0. The molecule has 0 radical (unpaired) electrons. The van der Waals surface area contributed by atoms with Gasteiger partial charge in [-0.25, -0.2) is 0 Å². The molecule has 0 fully saturated rings. The van der Waals surface area contributed by atoms with Crippen LogP contribution >= 0.6 is 0 Å². The molecule has 0 saturated heterocycles. The number of nitro groups is 2. The summed E-state index contributed by atoms with van der Waals surface area (Å²) in [7, 11) is 0. The van der Waals surface area contributed by atoms with Gasteiger partial charge in [0.2, 0.25) is 0 Å². The molecule has 9 heteroatoms. The predicted octanol–water partition coefficient (Wildman–Crippen LogP) is 6.88. The minimum Gasteiger partial charge on any atom is -0.457 e. The number of rotatable bonds is 8. The Hall–Kier alpha value is -4.92. The average molecular weight is 444 g/mol. The fraction of sp³-hybridized carbons (Fsp3) is 0. The van der Waals surface area contributed by atoms with E-state index in [1.807, 2.05) is 0 Å². The van der Waals surface area contributed by atoms with Crippen molar-refractivity contribution < 1.29 is 24.1 Å². The number of nitro benzene ring substituents is 2. The zero-order valence-electron chi connectivity index (χ0n) is 17.0. The molecule has 4 aromatic rings. The number of nitrogens with zero attached hydrogens (tertiary/aromatic N) is 2. The van der Waals surface area contributed by atoms with E-state index in [0.717, 1.165) is 0 Å². The van der Waals surface area contributed by atoms with E-state index in [-0.39, 0.29) is 11.4 Å². The Labute approximate surface area is 187 Å². The van der Waals surface area contributed by atoms with E-state index >= 15 is 0 Å². The summed E-state index contributed by atoms with van der Waals surface area (Å²) in [6, 6.07) is 25.4. The third-order valence-electron chi connectivity index (χ3n) is 4.41. The van der Waals surface area contributed by atoms with Crippen LogP contribution in [0.5, 0.6) is 34.5 Å². The lowest BCUT2D eigenvalue weighted by molar-refractivity contribution is -0.385. The highest BCUT2D eigenvalue weighted by molar-refractivity contribution is 5.44. The van der Waals surface area contributed by atoms with Crippen LogP contribution in [0.1, 0.15) is 0 Å². The number of hydrogen-bond donors (Lipinski definition) is 0. The summed E-state index contributed by atoms with van der Waals surface area (Å²) >= 11 is 0. The minimum atomic E-state index is -0.482. The van der Waals surface area contributed by atoms with E-state index in [9.17, 15) is 20.2 Å². The molecule has 164 valence electrons. The summed E-state index contributed by atoms with van der Waals surface area (Å²) in [5.74, 6) is 2.85. The Morgan fingerprint density at radius 3 is 1.06 bits per heavy atom. The molecule has 0 heterocycles. The van der Waals surface area contributed by atoms with Crippen molar-refractivity contribution >= 4 is 11.4 Å². The van der Waals surface area contributed by atoms with Gasteiger partial charge in [0.1, 0.15) is 34.5 Å². The number of hydrogen-bond acceptors (Lipinski definition) is 7. The maximum Gasteiger partial charge on any atom is 0.273 e. The van der Waals surface area contributed by atoms with E-state index in [1.165, 1.54) is 24.3 Å². The SMILES string of the molecule is O=[N+]([O-])c1cccc(Oc2ccc(Oc3ccc(Oc4cccc([N+](=O)[O-])c4)cc3)cc2)c1. The summed E-state index contributed by atoms with van der Waals surface area (Å²) in [5.41, 5.74) is -0.101. The van der Waals surface area contributed by atoms with Crippen LogP contribution in [0, 0.1) is 20.2 Å². The van der Waals surface area contributed by atoms with Gasteiger partial charge < -0.3 is 14.2 Å². The molecule has 0 aromatic heterocycles. The standard InChI is InChI=1S/C24H16N2O7/c27-25(28)17-3-1-5-23(15-17)32-21-11-7-19(8-12-21)31-20-9-13-22(14-10-20)33-24-6-2-4-18(16-24)26(29)30/h1-16H. The first-order valence-corrected chi connectivity index (χ1v) is 9.69. The first-order chi connectivity index (χ1) is 16.0. The normalized spacial score (nSPS) is 10.3. The van der Waals surface area contributed by atoms with E-state index in [2.05, 4.69) is 0 Å². The van der Waals surface area contributed by atoms with Gasteiger partial charge in [-0.3, -0.25) is 20.2 Å². The lowest BCUT2D eigenvalue weighted by Gasteiger charge is -2.09. The zero-order valence-corrected chi connectivity index (χ0v) is 17.0. The Balaban J connectivity index is 1.37. The second kappa shape index (κ2) is 9.48. The van der Waals surface area contributed by atoms with Crippen LogP contribution in [0.15, 0.2) is 97.1 Å². The monoisotopic (exact) mass is 444 g/mol. The van der Waals surface area contributed by atoms with Gasteiger partial charge in [-0.1, -0.05) is 12.1 Å². The van der Waals surface area contributed by atoms with E-state index in [0.29, 0.717) is 34.5 Å². The number of benzene rings is 4. The van der Waals surface area contributed by atoms with Gasteiger partial charge in [-0.15, -0.1) is 0 Å². The highest BCUT2D eigenvalue weighted by Crippen LogP contribution is 2.30. The highest BCUT2D eigenvalue weighted by Gasteiger charge is 2.09. The Kier molecular flexibility index (Phi) is 6.12. The smallest absolute Gasteiger partial charge is 0.273 e. The summed E-state index contributed by atoms with van der Waals surface area (Å²) < 4.78 is 17.1. The average Bonchev–Trinajstić information content (AvgIpc) is 2.82. The maximum atomic E-state index is 10.9. The van der Waals surface area contributed by atoms with Crippen LogP contribution < -0.4 is 14.2 Å². The van der Waals surface area contributed by atoms with Crippen molar-refractivity contribution in [2.45, 2.75) is 0 Å². The highest BCUT2D eigenvalue weighted by atomic mass is 16.6. The molecule has 0 bridgehead atoms. The molecule has 33 heavy (non-hydrogen) atoms. The van der Waals surface area contributed by atoms with Crippen LogP contribution in [-0.4, -0.2) is 9.85 Å². The molecular weight excluding hydrogens is 428 g/mol. The quantitative estimate of drug-likeness (QED) is 0.215. The molecular formula is C24H16N2O7. The van der Waals surface area contributed by atoms with Crippen molar-refractivity contribution in [3.05, 3.63) is 117 Å². The molecule has 9 nitrogen and oxygen atoms in total. The third-order valence-corrected chi connectivity index (χ3v) is 4.41. The van der Waals surface area contributed by atoms with Crippen molar-refractivity contribution in [3.63, 3.8) is 0 Å². The first-order valence-electron chi connectivity index (χ1n) is 9.69. The molecule has 0 aliphatic carbocycles. The molecule has 0 amide bonds. The van der Waals surface area contributed by atoms with Crippen LogP contribution in [0.2, 0.25) is 0 Å². The zero-order chi connectivity index (χ0) is 23.2. The Morgan fingerprint density at radius 1 is 0.455 bits per heavy atom. The molecule has 0 unspecified atom stereocenters. The lowest BCUT2D eigenvalue weighted by Crippen LogP contribution is -1.90. The Morgan fingerprint density at radius 2 is 0.758 bits per heavy atom. The van der Waals surface area contributed by atoms with Gasteiger partial charge in [-0.2, -0.15) is 0 Å². The molecule has 4 aromatic carbocycles. The topological polar surface area (TPSA) is 114 Å². The Bertz CT molecular complexity index is 1190. The number of non-ortho nitro benzene ring substituents is 2. The van der Waals surface area contributed by atoms with Crippen LogP contribution in [0.4, 0.5) is 11.4 Å². The second-order valence-corrected chi connectivity index (χ2v) is 6.76. The first kappa shape index (κ1) is 21.3. The lowest BCUT2D eigenvalue weighted by atomic mass is 10.3. The van der Waals surface area contributed by atoms with Crippen molar-refractivity contribution in [1.29, 1.82) is 0 Å². The molecule has 0 atom stereocenters. The van der Waals surface area contributed by atoms with Crippen molar-refractivity contribution in [2.24, 2.45) is 0 Å². The van der Waals surface area contributed by atoms with Crippen molar-refractivity contribution in [3.8, 4) is 34.5 Å². The van der Waals surface area contributed by atoms with E-state index in [4.69, 9.17) is 14.2 Å². The molecule has 0 N–H and O–H groups in total. The molecule has 0 aliphatic heterocycles. The van der Waals surface area contributed by atoms with Gasteiger partial charge in [-0.05, 0) is 60.7 Å². The van der Waals surface area contributed by atoms with Crippen LogP contribution in [-0.2, 0) is 0 Å². The van der Waals surface area contributed by atoms with Gasteiger partial charge in [0.05, 0.1) is 22.0 Å². The molecule has 0 saturated carbocycles. The largest absolute Gasteiger partial charge is 0.457 e. The summed E-state index contributed by atoms with van der Waals surface area (Å²) in [5, 5.41) is 21.8. The molecule has 0 spiro atoms. The van der Waals surface area contributed by atoms with Crippen molar-refractivity contribution in [2.75, 3.05) is 0 Å². The second-order valence-electron chi connectivity index (χ2n) is 6.76. The van der Waals surface area contributed by atoms with Crippen LogP contribution in [0.3, 0.4) is 0 Å². The molecule has 0 aliphatic rings. The fourth-order valence-corrected chi connectivity index (χ4v) is 2.88. The van der Waals surface area contributed by atoms with Crippen LogP contribution in [0.25, 0.3) is 0 Å². The third kappa shape index (κ3) is 5.61.